The Morgan fingerprint density at radius 3 is 2.48 bits per heavy atom. The second kappa shape index (κ2) is 7.76. The van der Waals surface area contributed by atoms with Gasteiger partial charge in [-0.15, -0.1) is 0 Å². The zero-order valence-corrected chi connectivity index (χ0v) is 14.7. The number of rotatable bonds is 7. The molecule has 1 heterocycles. The lowest BCUT2D eigenvalue weighted by molar-refractivity contribution is 0.268. The minimum atomic E-state index is 0.0829. The lowest BCUT2D eigenvalue weighted by Gasteiger charge is -2.22. The van der Waals surface area contributed by atoms with Gasteiger partial charge in [-0.1, -0.05) is 0 Å². The SMILES string of the molecule is Cc1cc(C)c(CNC(C)(C)C)c(OCCCN(C)C)n1. The van der Waals surface area contributed by atoms with Crippen LogP contribution in [0.3, 0.4) is 0 Å². The standard InChI is InChI=1S/C17H31N3O/c1-13-11-14(2)19-16(21-10-8-9-20(6)7)15(13)12-18-17(3,4)5/h11,18H,8-10,12H2,1-7H3. The maximum atomic E-state index is 5.94. The second-order valence-electron chi connectivity index (χ2n) is 6.97. The van der Waals surface area contributed by atoms with Gasteiger partial charge in [-0.3, -0.25) is 0 Å². The van der Waals surface area contributed by atoms with E-state index < -0.39 is 0 Å². The first kappa shape index (κ1) is 17.9. The first-order chi connectivity index (χ1) is 9.69. The van der Waals surface area contributed by atoms with Crippen molar-refractivity contribution in [3.05, 3.63) is 22.9 Å². The summed E-state index contributed by atoms with van der Waals surface area (Å²) in [6, 6.07) is 2.12. The Labute approximate surface area is 129 Å². The maximum Gasteiger partial charge on any atom is 0.218 e. The highest BCUT2D eigenvalue weighted by molar-refractivity contribution is 5.36. The molecule has 0 amide bonds. The van der Waals surface area contributed by atoms with Gasteiger partial charge in [0.1, 0.15) is 0 Å². The monoisotopic (exact) mass is 293 g/mol. The van der Waals surface area contributed by atoms with Crippen molar-refractivity contribution < 1.29 is 4.74 Å². The lowest BCUT2D eigenvalue weighted by Crippen LogP contribution is -2.35. The number of hydrogen-bond acceptors (Lipinski definition) is 4. The number of aromatic nitrogens is 1. The average molecular weight is 293 g/mol. The molecular formula is C17H31N3O. The summed E-state index contributed by atoms with van der Waals surface area (Å²) in [5, 5.41) is 3.52. The predicted octanol–water partition coefficient (Wildman–Crippen LogP) is 2.92. The molecule has 0 saturated heterocycles. The van der Waals surface area contributed by atoms with Crippen molar-refractivity contribution in [2.75, 3.05) is 27.2 Å². The summed E-state index contributed by atoms with van der Waals surface area (Å²) in [7, 11) is 4.15. The van der Waals surface area contributed by atoms with Gasteiger partial charge < -0.3 is 15.0 Å². The Kier molecular flexibility index (Phi) is 6.62. The number of nitrogens with zero attached hydrogens (tertiary/aromatic N) is 2. The highest BCUT2D eigenvalue weighted by atomic mass is 16.5. The second-order valence-corrected chi connectivity index (χ2v) is 6.97. The summed E-state index contributed by atoms with van der Waals surface area (Å²) in [4.78, 5) is 6.74. The number of ether oxygens (including phenoxy) is 1. The van der Waals surface area contributed by atoms with Gasteiger partial charge in [-0.05, 0) is 66.8 Å². The smallest absolute Gasteiger partial charge is 0.218 e. The summed E-state index contributed by atoms with van der Waals surface area (Å²) in [5.41, 5.74) is 3.50. The van der Waals surface area contributed by atoms with Gasteiger partial charge in [0.15, 0.2) is 0 Å². The van der Waals surface area contributed by atoms with Crippen LogP contribution in [0.1, 0.15) is 44.0 Å². The van der Waals surface area contributed by atoms with E-state index in [1.165, 1.54) is 11.1 Å². The fourth-order valence-electron chi connectivity index (χ4n) is 2.07. The van der Waals surface area contributed by atoms with Gasteiger partial charge in [-0.2, -0.15) is 0 Å². The zero-order valence-electron chi connectivity index (χ0n) is 14.7. The molecule has 120 valence electrons. The molecule has 1 N–H and O–H groups in total. The van der Waals surface area contributed by atoms with E-state index in [0.29, 0.717) is 6.61 Å². The summed E-state index contributed by atoms with van der Waals surface area (Å²) in [5.74, 6) is 0.781. The highest BCUT2D eigenvalue weighted by Gasteiger charge is 2.14. The third kappa shape index (κ3) is 6.91. The number of pyridine rings is 1. The van der Waals surface area contributed by atoms with Crippen LogP contribution in [-0.4, -0.2) is 42.7 Å². The van der Waals surface area contributed by atoms with Crippen molar-refractivity contribution in [2.24, 2.45) is 0 Å². The molecule has 1 aromatic heterocycles. The number of hydrogen-bond donors (Lipinski definition) is 1. The fraction of sp³-hybridized carbons (Fsp3) is 0.706. The topological polar surface area (TPSA) is 37.4 Å². The molecule has 1 aromatic rings. The van der Waals surface area contributed by atoms with Crippen LogP contribution in [0.15, 0.2) is 6.07 Å². The van der Waals surface area contributed by atoms with Crippen molar-refractivity contribution in [3.63, 3.8) is 0 Å². The molecule has 0 bridgehead atoms. The summed E-state index contributed by atoms with van der Waals surface area (Å²) in [6.07, 6.45) is 1.01. The van der Waals surface area contributed by atoms with E-state index in [1.54, 1.807) is 0 Å². The third-order valence-electron chi connectivity index (χ3n) is 3.22. The Balaban J connectivity index is 2.75. The fourth-order valence-corrected chi connectivity index (χ4v) is 2.07. The number of nitrogens with one attached hydrogen (secondary N) is 1. The molecule has 4 heteroatoms. The molecule has 0 atom stereocenters. The van der Waals surface area contributed by atoms with Gasteiger partial charge in [-0.25, -0.2) is 4.98 Å². The van der Waals surface area contributed by atoms with Gasteiger partial charge in [0.25, 0.3) is 0 Å². The lowest BCUT2D eigenvalue weighted by atomic mass is 10.1. The van der Waals surface area contributed by atoms with Crippen LogP contribution in [-0.2, 0) is 6.54 Å². The molecule has 0 fully saturated rings. The van der Waals surface area contributed by atoms with E-state index in [2.05, 4.69) is 63.1 Å². The van der Waals surface area contributed by atoms with Gasteiger partial charge >= 0.3 is 0 Å². The summed E-state index contributed by atoms with van der Waals surface area (Å²) >= 11 is 0. The molecule has 21 heavy (non-hydrogen) atoms. The number of aryl methyl sites for hydroxylation is 2. The van der Waals surface area contributed by atoms with E-state index in [9.17, 15) is 0 Å². The van der Waals surface area contributed by atoms with Crippen LogP contribution in [0.5, 0.6) is 5.88 Å². The minimum Gasteiger partial charge on any atom is -0.477 e. The van der Waals surface area contributed by atoms with Crippen molar-refractivity contribution in [1.82, 2.24) is 15.2 Å². The maximum absolute atomic E-state index is 5.94. The van der Waals surface area contributed by atoms with Crippen LogP contribution in [0.25, 0.3) is 0 Å². The van der Waals surface area contributed by atoms with E-state index in [4.69, 9.17) is 4.74 Å². The molecule has 0 unspecified atom stereocenters. The Morgan fingerprint density at radius 1 is 1.24 bits per heavy atom. The molecule has 0 radical (unpaired) electrons. The Hall–Kier alpha value is -1.13. The van der Waals surface area contributed by atoms with Crippen LogP contribution in [0.2, 0.25) is 0 Å². The van der Waals surface area contributed by atoms with Crippen molar-refractivity contribution in [1.29, 1.82) is 0 Å². The third-order valence-corrected chi connectivity index (χ3v) is 3.22. The molecule has 0 saturated carbocycles. The molecule has 0 aromatic carbocycles. The Bertz CT molecular complexity index is 450. The molecule has 0 aliphatic carbocycles. The van der Waals surface area contributed by atoms with Gasteiger partial charge in [0.05, 0.1) is 6.61 Å². The largest absolute Gasteiger partial charge is 0.477 e. The van der Waals surface area contributed by atoms with Gasteiger partial charge in [0, 0.05) is 29.9 Å². The molecule has 0 aliphatic heterocycles. The first-order valence-corrected chi connectivity index (χ1v) is 7.69. The van der Waals surface area contributed by atoms with Crippen LogP contribution >= 0.6 is 0 Å². The zero-order chi connectivity index (χ0) is 16.0. The molecule has 0 aliphatic rings. The molecule has 1 rings (SSSR count). The summed E-state index contributed by atoms with van der Waals surface area (Å²) in [6.45, 7) is 13.2. The van der Waals surface area contributed by atoms with E-state index in [-0.39, 0.29) is 5.54 Å². The van der Waals surface area contributed by atoms with Crippen LogP contribution in [0, 0.1) is 13.8 Å². The van der Waals surface area contributed by atoms with Crippen molar-refractivity contribution in [3.8, 4) is 5.88 Å². The van der Waals surface area contributed by atoms with Crippen LogP contribution in [0.4, 0.5) is 0 Å². The average Bonchev–Trinajstić information content (AvgIpc) is 2.31. The van der Waals surface area contributed by atoms with Crippen LogP contribution < -0.4 is 10.1 Å². The molecule has 0 spiro atoms. The van der Waals surface area contributed by atoms with E-state index >= 15 is 0 Å². The van der Waals surface area contributed by atoms with E-state index in [0.717, 1.165) is 31.1 Å². The Morgan fingerprint density at radius 2 is 1.90 bits per heavy atom. The molecule has 4 nitrogen and oxygen atoms in total. The molecular weight excluding hydrogens is 262 g/mol. The minimum absolute atomic E-state index is 0.0829. The van der Waals surface area contributed by atoms with Crippen molar-refractivity contribution >= 4 is 0 Å². The predicted molar refractivity (Wildman–Crippen MR) is 89.0 cm³/mol. The van der Waals surface area contributed by atoms with E-state index in [1.807, 2.05) is 6.92 Å². The van der Waals surface area contributed by atoms with Crippen molar-refractivity contribution in [2.45, 2.75) is 53.1 Å². The quantitative estimate of drug-likeness (QED) is 0.784. The first-order valence-electron chi connectivity index (χ1n) is 7.69. The summed E-state index contributed by atoms with van der Waals surface area (Å²) < 4.78 is 5.94. The van der Waals surface area contributed by atoms with Gasteiger partial charge in [0.2, 0.25) is 5.88 Å². The normalized spacial score (nSPS) is 12.0. The highest BCUT2D eigenvalue weighted by Crippen LogP contribution is 2.22.